The van der Waals surface area contributed by atoms with Gasteiger partial charge in [0.1, 0.15) is 0 Å². The monoisotopic (exact) mass is 249 g/mol. The van der Waals surface area contributed by atoms with Gasteiger partial charge in [-0.3, -0.25) is 9.59 Å². The SMILES string of the molecule is CCc1ccc(N(C)C(=O)CCCC(=O)O)cc1. The number of carboxylic acid groups (broad SMARTS) is 1. The molecular formula is C14H19NO3. The number of aryl methyl sites for hydroxylation is 1. The number of nitrogens with zero attached hydrogens (tertiary/aromatic N) is 1. The summed E-state index contributed by atoms with van der Waals surface area (Å²) in [6.45, 7) is 2.08. The number of anilines is 1. The zero-order valence-electron chi connectivity index (χ0n) is 10.8. The predicted molar refractivity (Wildman–Crippen MR) is 70.7 cm³/mol. The first kappa shape index (κ1) is 14.2. The third kappa shape index (κ3) is 4.20. The van der Waals surface area contributed by atoms with Crippen molar-refractivity contribution in [3.8, 4) is 0 Å². The second kappa shape index (κ2) is 6.79. The van der Waals surface area contributed by atoms with Crippen molar-refractivity contribution in [2.45, 2.75) is 32.6 Å². The van der Waals surface area contributed by atoms with Gasteiger partial charge in [0.15, 0.2) is 0 Å². The molecule has 1 rings (SSSR count). The van der Waals surface area contributed by atoms with Gasteiger partial charge in [0.25, 0.3) is 0 Å². The average molecular weight is 249 g/mol. The second-order valence-corrected chi connectivity index (χ2v) is 4.22. The Morgan fingerprint density at radius 3 is 2.28 bits per heavy atom. The van der Waals surface area contributed by atoms with Crippen LogP contribution in [0.5, 0.6) is 0 Å². The summed E-state index contributed by atoms with van der Waals surface area (Å²) in [5.74, 6) is -0.918. The molecule has 1 aromatic carbocycles. The van der Waals surface area contributed by atoms with Crippen LogP contribution in [0.4, 0.5) is 5.69 Å². The maximum absolute atomic E-state index is 11.8. The number of rotatable bonds is 6. The molecule has 0 heterocycles. The number of benzene rings is 1. The Labute approximate surface area is 107 Å². The van der Waals surface area contributed by atoms with Crippen molar-refractivity contribution < 1.29 is 14.7 Å². The Morgan fingerprint density at radius 2 is 1.78 bits per heavy atom. The molecular weight excluding hydrogens is 230 g/mol. The van der Waals surface area contributed by atoms with Crippen LogP contribution in [0.1, 0.15) is 31.7 Å². The maximum Gasteiger partial charge on any atom is 0.303 e. The van der Waals surface area contributed by atoms with E-state index in [1.807, 2.05) is 24.3 Å². The van der Waals surface area contributed by atoms with E-state index in [0.717, 1.165) is 12.1 Å². The minimum absolute atomic E-state index is 0.0361. The second-order valence-electron chi connectivity index (χ2n) is 4.22. The minimum atomic E-state index is -0.863. The lowest BCUT2D eigenvalue weighted by molar-refractivity contribution is -0.137. The Bertz CT molecular complexity index is 412. The third-order valence-corrected chi connectivity index (χ3v) is 2.89. The van der Waals surface area contributed by atoms with Gasteiger partial charge in [0, 0.05) is 25.6 Å². The van der Waals surface area contributed by atoms with Gasteiger partial charge in [-0.25, -0.2) is 0 Å². The van der Waals surface area contributed by atoms with E-state index >= 15 is 0 Å². The van der Waals surface area contributed by atoms with Gasteiger partial charge >= 0.3 is 5.97 Å². The molecule has 98 valence electrons. The molecule has 0 atom stereocenters. The van der Waals surface area contributed by atoms with Crippen LogP contribution in [-0.2, 0) is 16.0 Å². The first-order valence-corrected chi connectivity index (χ1v) is 6.12. The van der Waals surface area contributed by atoms with Crippen molar-refractivity contribution in [1.82, 2.24) is 0 Å². The van der Waals surface area contributed by atoms with Gasteiger partial charge in [0.2, 0.25) is 5.91 Å². The van der Waals surface area contributed by atoms with Gasteiger partial charge in [-0.15, -0.1) is 0 Å². The Morgan fingerprint density at radius 1 is 1.17 bits per heavy atom. The van der Waals surface area contributed by atoms with Gasteiger partial charge in [-0.05, 0) is 30.5 Å². The van der Waals surface area contributed by atoms with Crippen LogP contribution in [0.25, 0.3) is 0 Å². The molecule has 4 heteroatoms. The summed E-state index contributed by atoms with van der Waals surface area (Å²) >= 11 is 0. The standard InChI is InChI=1S/C14H19NO3/c1-3-11-7-9-12(10-8-11)15(2)13(16)5-4-6-14(17)18/h7-10H,3-6H2,1-2H3,(H,17,18). The van der Waals surface area contributed by atoms with Crippen LogP contribution in [0, 0.1) is 0 Å². The fourth-order valence-electron chi connectivity index (χ4n) is 1.66. The van der Waals surface area contributed by atoms with E-state index in [1.54, 1.807) is 11.9 Å². The summed E-state index contributed by atoms with van der Waals surface area (Å²) in [7, 11) is 1.71. The summed E-state index contributed by atoms with van der Waals surface area (Å²) in [4.78, 5) is 23.7. The van der Waals surface area contributed by atoms with Crippen molar-refractivity contribution in [1.29, 1.82) is 0 Å². The topological polar surface area (TPSA) is 57.6 Å². The average Bonchev–Trinajstić information content (AvgIpc) is 2.37. The summed E-state index contributed by atoms with van der Waals surface area (Å²) in [6.07, 6.45) is 1.65. The zero-order valence-corrected chi connectivity index (χ0v) is 10.8. The quantitative estimate of drug-likeness (QED) is 0.842. The van der Waals surface area contributed by atoms with E-state index < -0.39 is 5.97 Å². The highest BCUT2D eigenvalue weighted by Gasteiger charge is 2.11. The molecule has 1 N–H and O–H groups in total. The summed E-state index contributed by atoms with van der Waals surface area (Å²) in [5, 5.41) is 8.51. The van der Waals surface area contributed by atoms with Crippen molar-refractivity contribution in [3.05, 3.63) is 29.8 Å². The maximum atomic E-state index is 11.8. The summed E-state index contributed by atoms with van der Waals surface area (Å²) in [6, 6.07) is 7.81. The van der Waals surface area contributed by atoms with E-state index in [4.69, 9.17) is 5.11 Å². The van der Waals surface area contributed by atoms with Crippen LogP contribution in [0.2, 0.25) is 0 Å². The number of amides is 1. The molecule has 0 bridgehead atoms. The number of aliphatic carboxylic acids is 1. The molecule has 0 fully saturated rings. The van der Waals surface area contributed by atoms with Crippen LogP contribution < -0.4 is 4.90 Å². The largest absolute Gasteiger partial charge is 0.481 e. The molecule has 0 saturated carbocycles. The van der Waals surface area contributed by atoms with Crippen LogP contribution in [0.3, 0.4) is 0 Å². The molecule has 0 aromatic heterocycles. The fourth-order valence-corrected chi connectivity index (χ4v) is 1.66. The third-order valence-electron chi connectivity index (χ3n) is 2.89. The van der Waals surface area contributed by atoms with Crippen LogP contribution >= 0.6 is 0 Å². The lowest BCUT2D eigenvalue weighted by Crippen LogP contribution is -2.25. The molecule has 0 saturated heterocycles. The highest BCUT2D eigenvalue weighted by atomic mass is 16.4. The number of carboxylic acids is 1. The molecule has 1 amide bonds. The molecule has 18 heavy (non-hydrogen) atoms. The fraction of sp³-hybridized carbons (Fsp3) is 0.429. The van der Waals surface area contributed by atoms with E-state index in [2.05, 4.69) is 6.92 Å². The van der Waals surface area contributed by atoms with E-state index in [9.17, 15) is 9.59 Å². The van der Waals surface area contributed by atoms with Crippen molar-refractivity contribution in [2.75, 3.05) is 11.9 Å². The van der Waals surface area contributed by atoms with Crippen molar-refractivity contribution in [3.63, 3.8) is 0 Å². The highest BCUT2D eigenvalue weighted by Crippen LogP contribution is 2.15. The van der Waals surface area contributed by atoms with Crippen molar-refractivity contribution >= 4 is 17.6 Å². The van der Waals surface area contributed by atoms with E-state index in [0.29, 0.717) is 6.42 Å². The number of carbonyl (C=O) groups excluding carboxylic acids is 1. The Balaban J connectivity index is 2.54. The molecule has 0 unspecified atom stereocenters. The molecule has 0 aliphatic heterocycles. The smallest absolute Gasteiger partial charge is 0.303 e. The predicted octanol–water partition coefficient (Wildman–Crippen LogP) is 2.47. The lowest BCUT2D eigenvalue weighted by Gasteiger charge is -2.17. The first-order chi connectivity index (χ1) is 8.54. The molecule has 1 aromatic rings. The molecule has 0 aliphatic rings. The van der Waals surface area contributed by atoms with Gasteiger partial charge < -0.3 is 10.0 Å². The molecule has 4 nitrogen and oxygen atoms in total. The molecule has 0 radical (unpaired) electrons. The lowest BCUT2D eigenvalue weighted by atomic mass is 10.1. The van der Waals surface area contributed by atoms with Crippen molar-refractivity contribution in [2.24, 2.45) is 0 Å². The number of hydrogen-bond acceptors (Lipinski definition) is 2. The van der Waals surface area contributed by atoms with Crippen LogP contribution in [0.15, 0.2) is 24.3 Å². The minimum Gasteiger partial charge on any atom is -0.481 e. The van der Waals surface area contributed by atoms with Gasteiger partial charge in [0.05, 0.1) is 0 Å². The van der Waals surface area contributed by atoms with Crippen LogP contribution in [-0.4, -0.2) is 24.0 Å². The normalized spacial score (nSPS) is 10.1. The van der Waals surface area contributed by atoms with Gasteiger partial charge in [-0.1, -0.05) is 19.1 Å². The zero-order chi connectivity index (χ0) is 13.5. The number of carbonyl (C=O) groups is 2. The Kier molecular flexibility index (Phi) is 5.36. The summed E-state index contributed by atoms with van der Waals surface area (Å²) in [5.41, 5.74) is 2.07. The molecule has 0 spiro atoms. The van der Waals surface area contributed by atoms with Gasteiger partial charge in [-0.2, -0.15) is 0 Å². The Hall–Kier alpha value is -1.84. The number of hydrogen-bond donors (Lipinski definition) is 1. The molecule has 0 aliphatic carbocycles. The summed E-state index contributed by atoms with van der Waals surface area (Å²) < 4.78 is 0. The van der Waals surface area contributed by atoms with E-state index in [1.165, 1.54) is 5.56 Å². The first-order valence-electron chi connectivity index (χ1n) is 6.12. The van der Waals surface area contributed by atoms with E-state index in [-0.39, 0.29) is 18.7 Å². The highest BCUT2D eigenvalue weighted by molar-refractivity contribution is 5.92.